The molecule has 1 atom stereocenters. The van der Waals surface area contributed by atoms with Gasteiger partial charge < -0.3 is 9.88 Å². The Morgan fingerprint density at radius 3 is 2.29 bits per heavy atom. The van der Waals surface area contributed by atoms with E-state index in [9.17, 15) is 4.79 Å². The second-order valence-electron chi connectivity index (χ2n) is 11.1. The van der Waals surface area contributed by atoms with Crippen molar-refractivity contribution in [3.63, 3.8) is 0 Å². The molecule has 4 aromatic carbocycles. The fourth-order valence-electron chi connectivity index (χ4n) is 5.04. The molecule has 1 unspecified atom stereocenters. The molecular weight excluding hydrogens is 464 g/mol. The van der Waals surface area contributed by atoms with Crippen molar-refractivity contribution in [2.45, 2.75) is 52.1 Å². The van der Waals surface area contributed by atoms with Crippen LogP contribution in [-0.2, 0) is 12.0 Å². The first-order valence-electron chi connectivity index (χ1n) is 13.5. The average molecular weight is 501 g/mol. The third kappa shape index (κ3) is 5.57. The van der Waals surface area contributed by atoms with E-state index in [0.29, 0.717) is 5.56 Å². The lowest BCUT2D eigenvalue weighted by Gasteiger charge is -2.20. The Bertz CT molecular complexity index is 1560. The summed E-state index contributed by atoms with van der Waals surface area (Å²) in [4.78, 5) is 13.1. The van der Waals surface area contributed by atoms with Gasteiger partial charge in [0.05, 0.1) is 6.04 Å². The van der Waals surface area contributed by atoms with E-state index in [1.165, 1.54) is 22.3 Å². The number of benzene rings is 4. The lowest BCUT2D eigenvalue weighted by atomic mass is 9.85. The number of nitrogens with zero attached hydrogens (tertiary/aromatic N) is 1. The molecule has 0 bridgehead atoms. The normalized spacial score (nSPS) is 12.4. The number of carbonyl (C=O) groups is 1. The van der Waals surface area contributed by atoms with Gasteiger partial charge in [-0.25, -0.2) is 0 Å². The zero-order valence-electron chi connectivity index (χ0n) is 22.7. The molecule has 0 aliphatic heterocycles. The SMILES string of the molecule is CCC(NC(=O)c1ccc2c(ccn2Cc2cccc(-c3cccc(C(C)(C)C)c3)c2)c1)c1ccccc1. The highest BCUT2D eigenvalue weighted by Crippen LogP contribution is 2.29. The zero-order valence-corrected chi connectivity index (χ0v) is 22.7. The smallest absolute Gasteiger partial charge is 0.251 e. The molecule has 1 N–H and O–H groups in total. The maximum absolute atomic E-state index is 13.1. The number of carbonyl (C=O) groups excluding carboxylic acids is 1. The summed E-state index contributed by atoms with van der Waals surface area (Å²) in [5, 5.41) is 4.27. The number of nitrogens with one attached hydrogen (secondary N) is 1. The molecular formula is C35H36N2O. The van der Waals surface area contributed by atoms with Crippen LogP contribution in [0.25, 0.3) is 22.0 Å². The molecule has 0 fully saturated rings. The van der Waals surface area contributed by atoms with Crippen LogP contribution < -0.4 is 5.32 Å². The van der Waals surface area contributed by atoms with Crippen LogP contribution in [0.1, 0.15) is 67.2 Å². The van der Waals surface area contributed by atoms with Gasteiger partial charge in [0.25, 0.3) is 5.91 Å². The molecule has 0 radical (unpaired) electrons. The molecule has 0 spiro atoms. The minimum atomic E-state index is -0.0412. The monoisotopic (exact) mass is 500 g/mol. The molecule has 0 saturated carbocycles. The second-order valence-corrected chi connectivity index (χ2v) is 11.1. The maximum atomic E-state index is 13.1. The summed E-state index contributed by atoms with van der Waals surface area (Å²) in [5.74, 6) is -0.0412. The zero-order chi connectivity index (χ0) is 26.7. The van der Waals surface area contributed by atoms with Crippen LogP contribution in [0.3, 0.4) is 0 Å². The number of hydrogen-bond acceptors (Lipinski definition) is 1. The van der Waals surface area contributed by atoms with Crippen molar-refractivity contribution in [1.82, 2.24) is 9.88 Å². The Balaban J connectivity index is 1.35. The van der Waals surface area contributed by atoms with Gasteiger partial charge in [-0.2, -0.15) is 0 Å². The van der Waals surface area contributed by atoms with E-state index < -0.39 is 0 Å². The first kappa shape index (κ1) is 25.5. The molecule has 1 heterocycles. The highest BCUT2D eigenvalue weighted by atomic mass is 16.1. The number of amides is 1. The lowest BCUT2D eigenvalue weighted by molar-refractivity contribution is 0.0935. The van der Waals surface area contributed by atoms with Gasteiger partial charge in [0.1, 0.15) is 0 Å². The standard InChI is InChI=1S/C35H36N2O/c1-5-32(26-12-7-6-8-13-26)36-34(38)30-17-18-33-29(22-30)19-20-37(33)24-25-11-9-14-27(21-25)28-15-10-16-31(23-28)35(2,3)4/h6-23,32H,5,24H2,1-4H3,(H,36,38). The van der Waals surface area contributed by atoms with Crippen molar-refractivity contribution in [3.05, 3.63) is 132 Å². The van der Waals surface area contributed by atoms with Crippen molar-refractivity contribution in [2.75, 3.05) is 0 Å². The largest absolute Gasteiger partial charge is 0.345 e. The van der Waals surface area contributed by atoms with Crippen LogP contribution >= 0.6 is 0 Å². The van der Waals surface area contributed by atoms with Gasteiger partial charge in [-0.15, -0.1) is 0 Å². The Kier molecular flexibility index (Phi) is 7.20. The summed E-state index contributed by atoms with van der Waals surface area (Å²) >= 11 is 0. The summed E-state index contributed by atoms with van der Waals surface area (Å²) in [7, 11) is 0. The van der Waals surface area contributed by atoms with Gasteiger partial charge in [0, 0.05) is 29.2 Å². The second kappa shape index (κ2) is 10.7. The van der Waals surface area contributed by atoms with Crippen LogP contribution in [0.15, 0.2) is 109 Å². The molecule has 3 heteroatoms. The minimum Gasteiger partial charge on any atom is -0.345 e. The van der Waals surface area contributed by atoms with Gasteiger partial charge in [0.15, 0.2) is 0 Å². The molecule has 5 aromatic rings. The van der Waals surface area contributed by atoms with Crippen molar-refractivity contribution < 1.29 is 4.79 Å². The van der Waals surface area contributed by atoms with Gasteiger partial charge in [-0.05, 0) is 70.0 Å². The molecule has 38 heavy (non-hydrogen) atoms. The molecule has 1 amide bonds. The number of aromatic nitrogens is 1. The average Bonchev–Trinajstić information content (AvgIpc) is 3.33. The summed E-state index contributed by atoms with van der Waals surface area (Å²) in [6, 6.07) is 35.9. The highest BCUT2D eigenvalue weighted by molar-refractivity contribution is 5.98. The van der Waals surface area contributed by atoms with E-state index in [4.69, 9.17) is 0 Å². The fourth-order valence-corrected chi connectivity index (χ4v) is 5.04. The predicted molar refractivity (Wildman–Crippen MR) is 159 cm³/mol. The van der Waals surface area contributed by atoms with Crippen molar-refractivity contribution >= 4 is 16.8 Å². The molecule has 5 rings (SSSR count). The van der Waals surface area contributed by atoms with E-state index in [-0.39, 0.29) is 17.4 Å². The molecule has 0 saturated heterocycles. The van der Waals surface area contributed by atoms with E-state index in [2.05, 4.69) is 117 Å². The minimum absolute atomic E-state index is 0.000337. The van der Waals surface area contributed by atoms with Gasteiger partial charge >= 0.3 is 0 Å². The molecule has 0 aliphatic rings. The quantitative estimate of drug-likeness (QED) is 0.239. The van der Waals surface area contributed by atoms with E-state index >= 15 is 0 Å². The predicted octanol–water partition coefficient (Wildman–Crippen LogP) is 8.54. The summed E-state index contributed by atoms with van der Waals surface area (Å²) in [6.45, 7) is 9.62. The summed E-state index contributed by atoms with van der Waals surface area (Å²) < 4.78 is 2.25. The van der Waals surface area contributed by atoms with Gasteiger partial charge in [-0.1, -0.05) is 100 Å². The van der Waals surface area contributed by atoms with E-state index in [1.54, 1.807) is 0 Å². The van der Waals surface area contributed by atoms with Crippen LogP contribution in [0.4, 0.5) is 0 Å². The van der Waals surface area contributed by atoms with Crippen molar-refractivity contribution in [1.29, 1.82) is 0 Å². The summed E-state index contributed by atoms with van der Waals surface area (Å²) in [6.07, 6.45) is 2.95. The Morgan fingerprint density at radius 2 is 1.55 bits per heavy atom. The number of hydrogen-bond donors (Lipinski definition) is 1. The number of fused-ring (bicyclic) bond motifs is 1. The first-order valence-corrected chi connectivity index (χ1v) is 13.5. The Labute approximate surface area is 226 Å². The molecule has 0 aliphatic carbocycles. The van der Waals surface area contributed by atoms with Crippen LogP contribution in [0.2, 0.25) is 0 Å². The Morgan fingerprint density at radius 1 is 0.816 bits per heavy atom. The third-order valence-electron chi connectivity index (χ3n) is 7.29. The van der Waals surface area contributed by atoms with Gasteiger partial charge in [0.2, 0.25) is 0 Å². The molecule has 1 aromatic heterocycles. The van der Waals surface area contributed by atoms with Crippen molar-refractivity contribution in [2.24, 2.45) is 0 Å². The lowest BCUT2D eigenvalue weighted by Crippen LogP contribution is -2.28. The van der Waals surface area contributed by atoms with Crippen LogP contribution in [0.5, 0.6) is 0 Å². The number of rotatable bonds is 7. The maximum Gasteiger partial charge on any atom is 0.251 e. The van der Waals surface area contributed by atoms with E-state index in [0.717, 1.165) is 29.4 Å². The topological polar surface area (TPSA) is 34.0 Å². The third-order valence-corrected chi connectivity index (χ3v) is 7.29. The van der Waals surface area contributed by atoms with Crippen LogP contribution in [-0.4, -0.2) is 10.5 Å². The van der Waals surface area contributed by atoms with Crippen molar-refractivity contribution in [3.8, 4) is 11.1 Å². The van der Waals surface area contributed by atoms with E-state index in [1.807, 2.05) is 30.3 Å². The van der Waals surface area contributed by atoms with Crippen LogP contribution in [0, 0.1) is 0 Å². The molecule has 3 nitrogen and oxygen atoms in total. The highest BCUT2D eigenvalue weighted by Gasteiger charge is 2.16. The first-order chi connectivity index (χ1) is 18.3. The molecule has 192 valence electrons. The summed E-state index contributed by atoms with van der Waals surface area (Å²) in [5.41, 5.74) is 8.11. The Hall–Kier alpha value is -4.11. The van der Waals surface area contributed by atoms with Gasteiger partial charge in [-0.3, -0.25) is 4.79 Å². The fraction of sp³-hybridized carbons (Fsp3) is 0.229.